The minimum atomic E-state index is -0.877. The lowest BCUT2D eigenvalue weighted by atomic mass is 10.0. The highest BCUT2D eigenvalue weighted by Gasteiger charge is 2.30. The largest absolute Gasteiger partial charge is 0.493 e. The number of aryl methyl sites for hydroxylation is 1. The Hall–Kier alpha value is -1.92. The molecule has 1 unspecified atom stereocenters. The molecule has 2 aromatic rings. The SMILES string of the molecule is Cc1nc(CN(C)C(C(=O)O)c2cccc3c2OCC3)cs1. The maximum Gasteiger partial charge on any atom is 0.325 e. The van der Waals surface area contributed by atoms with Gasteiger partial charge in [-0.3, -0.25) is 9.69 Å². The number of rotatable bonds is 5. The van der Waals surface area contributed by atoms with Crippen molar-refractivity contribution in [3.05, 3.63) is 45.4 Å². The van der Waals surface area contributed by atoms with Crippen molar-refractivity contribution in [3.8, 4) is 5.75 Å². The molecule has 0 fully saturated rings. The standard InChI is InChI=1S/C16H18N2O3S/c1-10-17-12(9-22-10)8-18(2)14(16(19)20)13-5-3-4-11-6-7-21-15(11)13/h3-5,9,14H,6-8H2,1-2H3,(H,19,20). The number of likely N-dealkylation sites (N-methyl/N-ethyl adjacent to an activating group) is 1. The zero-order valence-corrected chi connectivity index (χ0v) is 13.4. The third-order valence-corrected chi connectivity index (χ3v) is 4.61. The number of hydrogen-bond donors (Lipinski definition) is 1. The lowest BCUT2D eigenvalue weighted by Gasteiger charge is -2.25. The number of para-hydroxylation sites is 1. The van der Waals surface area contributed by atoms with Crippen molar-refractivity contribution < 1.29 is 14.6 Å². The molecule has 1 aliphatic heterocycles. The van der Waals surface area contributed by atoms with Crippen molar-refractivity contribution in [3.63, 3.8) is 0 Å². The van der Waals surface area contributed by atoms with Gasteiger partial charge >= 0.3 is 5.97 Å². The van der Waals surface area contributed by atoms with E-state index in [1.165, 1.54) is 0 Å². The number of aromatic nitrogens is 1. The zero-order valence-electron chi connectivity index (χ0n) is 12.6. The maximum absolute atomic E-state index is 11.8. The van der Waals surface area contributed by atoms with E-state index in [0.29, 0.717) is 13.2 Å². The predicted molar refractivity (Wildman–Crippen MR) is 84.3 cm³/mol. The maximum atomic E-state index is 11.8. The van der Waals surface area contributed by atoms with Crippen molar-refractivity contribution in [2.24, 2.45) is 0 Å². The molecule has 2 heterocycles. The van der Waals surface area contributed by atoms with Gasteiger partial charge in [0.2, 0.25) is 0 Å². The van der Waals surface area contributed by atoms with Crippen LogP contribution in [0.25, 0.3) is 0 Å². The van der Waals surface area contributed by atoms with E-state index in [1.807, 2.05) is 37.6 Å². The Balaban J connectivity index is 1.90. The molecule has 0 aliphatic carbocycles. The predicted octanol–water partition coefficient (Wildman–Crippen LogP) is 2.64. The molecule has 0 saturated carbocycles. The normalized spacial score (nSPS) is 14.7. The average molecular weight is 318 g/mol. The summed E-state index contributed by atoms with van der Waals surface area (Å²) in [5.74, 6) is -0.144. The summed E-state index contributed by atoms with van der Waals surface area (Å²) >= 11 is 1.57. The van der Waals surface area contributed by atoms with Gasteiger partial charge in [0.1, 0.15) is 11.8 Å². The summed E-state index contributed by atoms with van der Waals surface area (Å²) in [6.45, 7) is 3.05. The van der Waals surface area contributed by atoms with Gasteiger partial charge in [0.15, 0.2) is 0 Å². The van der Waals surface area contributed by atoms with Crippen molar-refractivity contribution in [2.75, 3.05) is 13.7 Å². The summed E-state index contributed by atoms with van der Waals surface area (Å²) in [5.41, 5.74) is 2.70. The number of ether oxygens (including phenoxy) is 1. The van der Waals surface area contributed by atoms with Crippen LogP contribution in [0.2, 0.25) is 0 Å². The fraction of sp³-hybridized carbons (Fsp3) is 0.375. The van der Waals surface area contributed by atoms with Gasteiger partial charge in [0.05, 0.1) is 17.3 Å². The molecular weight excluding hydrogens is 300 g/mol. The van der Waals surface area contributed by atoms with E-state index in [1.54, 1.807) is 16.2 Å². The monoisotopic (exact) mass is 318 g/mol. The van der Waals surface area contributed by atoms with E-state index in [9.17, 15) is 9.90 Å². The van der Waals surface area contributed by atoms with Crippen LogP contribution >= 0.6 is 11.3 Å². The van der Waals surface area contributed by atoms with Gasteiger partial charge in [-0.05, 0) is 19.5 Å². The van der Waals surface area contributed by atoms with Gasteiger partial charge in [0.25, 0.3) is 0 Å². The molecule has 3 rings (SSSR count). The molecule has 1 N–H and O–H groups in total. The summed E-state index contributed by atoms with van der Waals surface area (Å²) < 4.78 is 5.66. The summed E-state index contributed by atoms with van der Waals surface area (Å²) in [7, 11) is 1.81. The van der Waals surface area contributed by atoms with Crippen LogP contribution in [0.15, 0.2) is 23.6 Å². The second-order valence-corrected chi connectivity index (χ2v) is 6.51. The number of aliphatic carboxylic acids is 1. The topological polar surface area (TPSA) is 62.7 Å². The average Bonchev–Trinajstić information content (AvgIpc) is 3.08. The van der Waals surface area contributed by atoms with Gasteiger partial charge in [-0.15, -0.1) is 11.3 Å². The molecule has 1 aromatic heterocycles. The van der Waals surface area contributed by atoms with Crippen molar-refractivity contribution in [1.82, 2.24) is 9.88 Å². The van der Waals surface area contributed by atoms with Gasteiger partial charge < -0.3 is 9.84 Å². The van der Waals surface area contributed by atoms with Crippen LogP contribution in [0.1, 0.15) is 27.9 Å². The van der Waals surface area contributed by atoms with E-state index in [0.717, 1.165) is 34.0 Å². The molecule has 0 saturated heterocycles. The first-order valence-corrected chi connectivity index (χ1v) is 8.03. The first-order chi connectivity index (χ1) is 10.6. The Bertz CT molecular complexity index is 698. The summed E-state index contributed by atoms with van der Waals surface area (Å²) in [6, 6.07) is 5.00. The summed E-state index contributed by atoms with van der Waals surface area (Å²) in [4.78, 5) is 18.0. The Labute approximate surface area is 133 Å². The second kappa shape index (κ2) is 6.06. The number of nitrogens with zero attached hydrogens (tertiary/aromatic N) is 2. The molecule has 1 atom stereocenters. The zero-order chi connectivity index (χ0) is 15.7. The van der Waals surface area contributed by atoms with Crippen molar-refractivity contribution in [2.45, 2.75) is 25.9 Å². The highest BCUT2D eigenvalue weighted by atomic mass is 32.1. The number of benzene rings is 1. The van der Waals surface area contributed by atoms with E-state index in [2.05, 4.69) is 4.98 Å². The lowest BCUT2D eigenvalue weighted by molar-refractivity contribution is -0.143. The number of thiazole rings is 1. The molecule has 6 heteroatoms. The molecule has 1 aliphatic rings. The highest BCUT2D eigenvalue weighted by molar-refractivity contribution is 7.09. The summed E-state index contributed by atoms with van der Waals surface area (Å²) in [6.07, 6.45) is 0.838. The van der Waals surface area contributed by atoms with Crippen LogP contribution in [0, 0.1) is 6.92 Å². The molecule has 22 heavy (non-hydrogen) atoms. The van der Waals surface area contributed by atoms with E-state index < -0.39 is 12.0 Å². The third-order valence-electron chi connectivity index (χ3n) is 3.79. The van der Waals surface area contributed by atoms with Gasteiger partial charge in [-0.25, -0.2) is 4.98 Å². The number of carboxylic acids is 1. The number of carboxylic acid groups (broad SMARTS) is 1. The molecule has 5 nitrogen and oxygen atoms in total. The van der Waals surface area contributed by atoms with Crippen LogP contribution in [-0.2, 0) is 17.8 Å². The van der Waals surface area contributed by atoms with Crippen LogP contribution in [0.4, 0.5) is 0 Å². The molecule has 0 spiro atoms. The van der Waals surface area contributed by atoms with E-state index in [-0.39, 0.29) is 0 Å². The van der Waals surface area contributed by atoms with Crippen LogP contribution in [0.3, 0.4) is 0 Å². The lowest BCUT2D eigenvalue weighted by Crippen LogP contribution is -2.31. The highest BCUT2D eigenvalue weighted by Crippen LogP contribution is 2.36. The van der Waals surface area contributed by atoms with Crippen molar-refractivity contribution in [1.29, 1.82) is 0 Å². The number of hydrogen-bond acceptors (Lipinski definition) is 5. The number of fused-ring (bicyclic) bond motifs is 1. The van der Waals surface area contributed by atoms with Crippen LogP contribution < -0.4 is 4.74 Å². The molecule has 0 radical (unpaired) electrons. The van der Waals surface area contributed by atoms with Crippen molar-refractivity contribution >= 4 is 17.3 Å². The fourth-order valence-corrected chi connectivity index (χ4v) is 3.45. The number of carbonyl (C=O) groups is 1. The quantitative estimate of drug-likeness (QED) is 0.918. The van der Waals surface area contributed by atoms with Crippen LogP contribution in [-0.4, -0.2) is 34.6 Å². The van der Waals surface area contributed by atoms with Crippen LogP contribution in [0.5, 0.6) is 5.75 Å². The van der Waals surface area contributed by atoms with Gasteiger partial charge in [-0.1, -0.05) is 18.2 Å². The minimum Gasteiger partial charge on any atom is -0.493 e. The molecule has 0 bridgehead atoms. The van der Waals surface area contributed by atoms with Gasteiger partial charge in [-0.2, -0.15) is 0 Å². The molecular formula is C16H18N2O3S. The Kier molecular flexibility index (Phi) is 4.13. The molecule has 1 aromatic carbocycles. The first kappa shape index (κ1) is 15.0. The third kappa shape index (κ3) is 2.84. The Morgan fingerprint density at radius 3 is 3.05 bits per heavy atom. The first-order valence-electron chi connectivity index (χ1n) is 7.15. The smallest absolute Gasteiger partial charge is 0.325 e. The van der Waals surface area contributed by atoms with Gasteiger partial charge in [0, 0.05) is 23.9 Å². The molecule has 116 valence electrons. The fourth-order valence-electron chi connectivity index (χ4n) is 2.84. The Morgan fingerprint density at radius 2 is 2.36 bits per heavy atom. The molecule has 0 amide bonds. The van der Waals surface area contributed by atoms with E-state index >= 15 is 0 Å². The summed E-state index contributed by atoms with van der Waals surface area (Å²) in [5, 5.41) is 12.7. The Morgan fingerprint density at radius 1 is 1.55 bits per heavy atom. The second-order valence-electron chi connectivity index (χ2n) is 5.45. The minimum absolute atomic E-state index is 0.491. The van der Waals surface area contributed by atoms with E-state index in [4.69, 9.17) is 4.74 Å².